The van der Waals surface area contributed by atoms with E-state index in [9.17, 15) is 14.4 Å². The normalized spacial score (nSPS) is 17.1. The van der Waals surface area contributed by atoms with Crippen LogP contribution in [0.3, 0.4) is 0 Å². The van der Waals surface area contributed by atoms with Gasteiger partial charge in [0.1, 0.15) is 11.5 Å². The van der Waals surface area contributed by atoms with Gasteiger partial charge in [0.2, 0.25) is 0 Å². The molecular formula is C30H35Cl2N5O5. The lowest BCUT2D eigenvalue weighted by Gasteiger charge is -2.38. The van der Waals surface area contributed by atoms with Crippen LogP contribution in [0.4, 0.5) is 5.82 Å². The van der Waals surface area contributed by atoms with E-state index in [0.717, 1.165) is 5.56 Å². The van der Waals surface area contributed by atoms with Gasteiger partial charge in [-0.1, -0.05) is 53.5 Å². The zero-order valence-corrected chi connectivity index (χ0v) is 25.7. The maximum Gasteiger partial charge on any atom is 0.339 e. The number of carbonyl (C=O) groups is 3. The molecule has 0 bridgehead atoms. The van der Waals surface area contributed by atoms with Gasteiger partial charge in [0.25, 0.3) is 11.8 Å². The predicted octanol–water partition coefficient (Wildman–Crippen LogP) is 4.89. The quantitative estimate of drug-likeness (QED) is 0.293. The Hall–Kier alpha value is -3.60. The monoisotopic (exact) mass is 615 g/mol. The highest BCUT2D eigenvalue weighted by atomic mass is 35.5. The first kappa shape index (κ1) is 31.3. The number of hydrogen-bond acceptors (Lipinski definition) is 7. The molecule has 3 N–H and O–H groups in total. The molecule has 2 aromatic heterocycles. The highest BCUT2D eigenvalue weighted by Crippen LogP contribution is 2.30. The van der Waals surface area contributed by atoms with Crippen molar-refractivity contribution in [3.63, 3.8) is 0 Å². The number of pyridine rings is 1. The number of amides is 2. The Morgan fingerprint density at radius 2 is 1.83 bits per heavy atom. The zero-order valence-electron chi connectivity index (χ0n) is 24.2. The number of esters is 1. The average Bonchev–Trinajstić information content (AvgIpc) is 3.24. The summed E-state index contributed by atoms with van der Waals surface area (Å²) in [5, 5.41) is 6.47. The molecule has 3 heterocycles. The Balaban J connectivity index is 1.53. The molecule has 10 nitrogen and oxygen atoms in total. The minimum Gasteiger partial charge on any atom is -0.462 e. The Morgan fingerprint density at radius 3 is 2.45 bits per heavy atom. The van der Waals surface area contributed by atoms with E-state index >= 15 is 0 Å². The molecule has 1 aliphatic heterocycles. The van der Waals surface area contributed by atoms with Gasteiger partial charge in [-0.3, -0.25) is 9.59 Å². The van der Waals surface area contributed by atoms with Gasteiger partial charge in [0.15, 0.2) is 0 Å². The van der Waals surface area contributed by atoms with E-state index < -0.39 is 23.5 Å². The van der Waals surface area contributed by atoms with Crippen LogP contribution in [0.25, 0.3) is 0 Å². The Bertz CT molecular complexity index is 1460. The summed E-state index contributed by atoms with van der Waals surface area (Å²) in [4.78, 5) is 48.7. The predicted molar refractivity (Wildman–Crippen MR) is 162 cm³/mol. The van der Waals surface area contributed by atoms with Gasteiger partial charge < -0.3 is 30.0 Å². The lowest BCUT2D eigenvalue weighted by atomic mass is 9.93. The van der Waals surface area contributed by atoms with E-state index in [1.165, 1.54) is 6.20 Å². The van der Waals surface area contributed by atoms with Crippen molar-refractivity contribution in [1.82, 2.24) is 20.6 Å². The fraction of sp³-hybridized carbons (Fsp3) is 0.400. The van der Waals surface area contributed by atoms with Gasteiger partial charge in [0.05, 0.1) is 45.5 Å². The smallest absolute Gasteiger partial charge is 0.339 e. The van der Waals surface area contributed by atoms with E-state index in [2.05, 4.69) is 20.6 Å². The van der Waals surface area contributed by atoms with Crippen LogP contribution in [0.5, 0.6) is 0 Å². The molecule has 1 aromatic carbocycles. The Kier molecular flexibility index (Phi) is 9.81. The number of aryl methyl sites for hydroxylation is 1. The maximum absolute atomic E-state index is 13.4. The van der Waals surface area contributed by atoms with Crippen molar-refractivity contribution in [2.75, 3.05) is 31.7 Å². The molecule has 0 radical (unpaired) electrons. The summed E-state index contributed by atoms with van der Waals surface area (Å²) in [7, 11) is 1.56. The molecule has 42 heavy (non-hydrogen) atoms. The fourth-order valence-corrected chi connectivity index (χ4v) is 5.37. The molecule has 0 aliphatic carbocycles. The molecule has 1 aliphatic rings. The van der Waals surface area contributed by atoms with Gasteiger partial charge in [-0.15, -0.1) is 0 Å². The van der Waals surface area contributed by atoms with E-state index in [-0.39, 0.29) is 40.4 Å². The molecule has 0 unspecified atom stereocenters. The minimum atomic E-state index is -0.699. The van der Waals surface area contributed by atoms with E-state index in [1.807, 2.05) is 49.1 Å². The van der Waals surface area contributed by atoms with Gasteiger partial charge in [-0.05, 0) is 45.7 Å². The highest BCUT2D eigenvalue weighted by molar-refractivity contribution is 6.44. The lowest BCUT2D eigenvalue weighted by molar-refractivity contribution is 0.0518. The molecule has 4 rings (SSSR count). The number of nitrogens with zero attached hydrogens (tertiary/aromatic N) is 2. The number of aromatic amines is 1. The summed E-state index contributed by atoms with van der Waals surface area (Å²) >= 11 is 12.4. The van der Waals surface area contributed by atoms with Crippen LogP contribution in [-0.2, 0) is 15.0 Å². The van der Waals surface area contributed by atoms with Gasteiger partial charge in [0, 0.05) is 32.1 Å². The molecule has 0 saturated carbocycles. The van der Waals surface area contributed by atoms with E-state index in [4.69, 9.17) is 32.7 Å². The second kappa shape index (κ2) is 13.1. The Labute approximate surface area is 255 Å². The number of ether oxygens (including phenoxy) is 2. The maximum atomic E-state index is 13.4. The number of halogens is 2. The van der Waals surface area contributed by atoms with Crippen LogP contribution in [0.15, 0.2) is 42.6 Å². The van der Waals surface area contributed by atoms with Gasteiger partial charge >= 0.3 is 5.97 Å². The zero-order chi connectivity index (χ0) is 30.6. The molecule has 12 heteroatoms. The number of nitrogens with one attached hydrogen (secondary N) is 3. The van der Waals surface area contributed by atoms with Crippen molar-refractivity contribution >= 4 is 46.8 Å². The number of benzene rings is 1. The van der Waals surface area contributed by atoms with Crippen LogP contribution in [-0.4, -0.2) is 66.7 Å². The van der Waals surface area contributed by atoms with E-state index in [1.54, 1.807) is 27.0 Å². The third-order valence-corrected chi connectivity index (χ3v) is 8.28. The fourth-order valence-electron chi connectivity index (χ4n) is 4.95. The van der Waals surface area contributed by atoms with Crippen LogP contribution in [0.1, 0.15) is 69.7 Å². The average molecular weight is 617 g/mol. The molecule has 2 amide bonds. The van der Waals surface area contributed by atoms with Crippen molar-refractivity contribution in [3.05, 3.63) is 80.7 Å². The van der Waals surface area contributed by atoms with Crippen LogP contribution < -0.4 is 15.5 Å². The van der Waals surface area contributed by atoms with Crippen LogP contribution >= 0.6 is 23.2 Å². The van der Waals surface area contributed by atoms with Crippen LogP contribution in [0.2, 0.25) is 10.0 Å². The minimum absolute atomic E-state index is 0.112. The molecular weight excluding hydrogens is 581 g/mol. The Morgan fingerprint density at radius 1 is 1.12 bits per heavy atom. The van der Waals surface area contributed by atoms with E-state index in [0.29, 0.717) is 36.0 Å². The summed E-state index contributed by atoms with van der Waals surface area (Å²) < 4.78 is 11.0. The summed E-state index contributed by atoms with van der Waals surface area (Å²) in [6.45, 7) is 8.25. The first-order chi connectivity index (χ1) is 20.0. The molecule has 1 saturated heterocycles. The number of anilines is 1. The van der Waals surface area contributed by atoms with Crippen molar-refractivity contribution < 1.29 is 23.9 Å². The number of carbonyl (C=O) groups excluding carboxylic acids is 3. The van der Waals surface area contributed by atoms with Gasteiger partial charge in [-0.25, -0.2) is 9.78 Å². The highest BCUT2D eigenvalue weighted by Gasteiger charge is 2.34. The molecule has 1 fully saturated rings. The second-order valence-corrected chi connectivity index (χ2v) is 11.4. The first-order valence-corrected chi connectivity index (χ1v) is 14.4. The largest absolute Gasteiger partial charge is 0.462 e. The number of hydrogen-bond donors (Lipinski definition) is 3. The third-order valence-electron chi connectivity index (χ3n) is 7.33. The lowest BCUT2D eigenvalue weighted by Crippen LogP contribution is -2.55. The van der Waals surface area contributed by atoms with Crippen molar-refractivity contribution in [2.45, 2.75) is 51.8 Å². The number of piperidine rings is 1. The number of aromatic nitrogens is 2. The molecule has 3 aromatic rings. The molecule has 0 spiro atoms. The summed E-state index contributed by atoms with van der Waals surface area (Å²) in [6.07, 6.45) is 1.53. The SMILES string of the molecule is CCOC(=O)c1cc(N2CC[C@H](NC(=O)c3[nH]c(C)c(Cl)c3Cl)[C@H](OC)C2)ncc1C(=O)NC(C)(C)c1ccccc1. The number of methoxy groups -OCH3 is 1. The summed E-state index contributed by atoms with van der Waals surface area (Å²) in [6, 6.07) is 10.8. The standard InChI is InChI=1S/C30H35Cl2N5O5/c1-6-42-29(40)19-14-23(33-15-20(19)27(38)36-30(3,4)18-10-8-7-9-11-18)37-13-12-21(22(16-37)41-5)35-28(39)26-25(32)24(31)17(2)34-26/h7-11,14-15,21-22,34H,6,12-13,16H2,1-5H3,(H,35,39)(H,36,38)/t21-,22+/m0/s1. The van der Waals surface area contributed by atoms with Crippen molar-refractivity contribution in [1.29, 1.82) is 0 Å². The second-order valence-electron chi connectivity index (χ2n) is 10.6. The summed E-state index contributed by atoms with van der Waals surface area (Å²) in [5.74, 6) is -0.961. The van der Waals surface area contributed by atoms with Crippen molar-refractivity contribution in [2.24, 2.45) is 0 Å². The number of H-pyrrole nitrogens is 1. The topological polar surface area (TPSA) is 126 Å². The summed E-state index contributed by atoms with van der Waals surface area (Å²) in [5.41, 5.74) is 1.24. The number of rotatable bonds is 9. The molecule has 224 valence electrons. The van der Waals surface area contributed by atoms with Crippen molar-refractivity contribution in [3.8, 4) is 0 Å². The van der Waals surface area contributed by atoms with Gasteiger partial charge in [-0.2, -0.15) is 0 Å². The third kappa shape index (κ3) is 6.72. The first-order valence-electron chi connectivity index (χ1n) is 13.6. The molecule has 2 atom stereocenters. The van der Waals surface area contributed by atoms with Crippen LogP contribution in [0, 0.1) is 6.92 Å².